The molecule has 5 nitrogen and oxygen atoms in total. The normalized spacial score (nSPS) is 11.6. The van der Waals surface area contributed by atoms with Crippen molar-refractivity contribution in [2.24, 2.45) is 0 Å². The van der Waals surface area contributed by atoms with Crippen LogP contribution in [0.25, 0.3) is 0 Å². The molecule has 0 saturated carbocycles. The summed E-state index contributed by atoms with van der Waals surface area (Å²) in [6, 6.07) is 3.64. The molecule has 100 valence electrons. The van der Waals surface area contributed by atoms with Crippen molar-refractivity contribution in [3.8, 4) is 0 Å². The Hall–Kier alpha value is -1.63. The number of nitrogen functional groups attached to an aromatic ring is 1. The maximum absolute atomic E-state index is 12.9. The number of carbonyl (C=O) groups is 1. The van der Waals surface area contributed by atoms with Gasteiger partial charge in [0.15, 0.2) is 9.84 Å². The first-order valence-electron chi connectivity index (χ1n) is 5.29. The van der Waals surface area contributed by atoms with Crippen LogP contribution in [0.1, 0.15) is 13.8 Å². The van der Waals surface area contributed by atoms with Gasteiger partial charge in [-0.15, -0.1) is 0 Å². The van der Waals surface area contributed by atoms with Gasteiger partial charge in [-0.1, -0.05) is 0 Å². The van der Waals surface area contributed by atoms with E-state index in [2.05, 4.69) is 5.32 Å². The summed E-state index contributed by atoms with van der Waals surface area (Å²) >= 11 is 0. The van der Waals surface area contributed by atoms with Crippen LogP contribution in [-0.4, -0.2) is 25.3 Å². The van der Waals surface area contributed by atoms with Gasteiger partial charge in [-0.05, 0) is 32.0 Å². The van der Waals surface area contributed by atoms with E-state index < -0.39 is 32.6 Å². The number of hydrogen-bond acceptors (Lipinski definition) is 4. The highest BCUT2D eigenvalue weighted by Crippen LogP contribution is 2.16. The molecule has 0 unspecified atom stereocenters. The number of anilines is 2. The summed E-state index contributed by atoms with van der Waals surface area (Å²) in [4.78, 5) is 11.5. The molecular weight excluding hydrogens is 259 g/mol. The molecule has 1 aromatic rings. The van der Waals surface area contributed by atoms with E-state index in [0.29, 0.717) is 0 Å². The van der Waals surface area contributed by atoms with Crippen molar-refractivity contribution in [3.05, 3.63) is 24.0 Å². The van der Waals surface area contributed by atoms with E-state index in [9.17, 15) is 17.6 Å². The lowest BCUT2D eigenvalue weighted by Gasteiger charge is -2.09. The highest BCUT2D eigenvalue weighted by molar-refractivity contribution is 7.92. The van der Waals surface area contributed by atoms with Crippen LogP contribution in [0.4, 0.5) is 15.8 Å². The minimum atomic E-state index is -3.45. The molecule has 0 atom stereocenters. The van der Waals surface area contributed by atoms with Gasteiger partial charge in [-0.3, -0.25) is 4.79 Å². The summed E-state index contributed by atoms with van der Waals surface area (Å²) in [5.41, 5.74) is 5.48. The molecule has 1 aromatic carbocycles. The molecule has 3 N–H and O–H groups in total. The Labute approximate surface area is 105 Å². The molecule has 1 amide bonds. The summed E-state index contributed by atoms with van der Waals surface area (Å²) < 4.78 is 35.9. The Morgan fingerprint density at radius 3 is 2.56 bits per heavy atom. The number of rotatable bonds is 4. The zero-order valence-corrected chi connectivity index (χ0v) is 10.9. The third-order valence-corrected chi connectivity index (χ3v) is 4.43. The molecule has 7 heteroatoms. The third kappa shape index (κ3) is 3.69. The summed E-state index contributed by atoms with van der Waals surface area (Å²) in [6.07, 6.45) is 0. The molecule has 0 aromatic heterocycles. The SMILES string of the molecule is CC(C)S(=O)(=O)CC(=O)Nc1ccc(F)c(N)c1. The van der Waals surface area contributed by atoms with E-state index >= 15 is 0 Å². The standard InChI is InChI=1S/C11H15FN2O3S/c1-7(2)18(16,17)6-11(15)14-8-3-4-9(12)10(13)5-8/h3-5,7H,6,13H2,1-2H3,(H,14,15). The molecule has 0 aliphatic heterocycles. The van der Waals surface area contributed by atoms with E-state index in [-0.39, 0.29) is 11.4 Å². The van der Waals surface area contributed by atoms with E-state index in [1.807, 2.05) is 0 Å². The van der Waals surface area contributed by atoms with Crippen molar-refractivity contribution in [1.82, 2.24) is 0 Å². The van der Waals surface area contributed by atoms with Gasteiger partial charge in [0, 0.05) is 5.69 Å². The van der Waals surface area contributed by atoms with Crippen molar-refractivity contribution in [3.63, 3.8) is 0 Å². The van der Waals surface area contributed by atoms with Crippen molar-refractivity contribution in [1.29, 1.82) is 0 Å². The maximum Gasteiger partial charge on any atom is 0.239 e. The smallest absolute Gasteiger partial charge is 0.239 e. The van der Waals surface area contributed by atoms with Gasteiger partial charge < -0.3 is 11.1 Å². The number of amides is 1. The van der Waals surface area contributed by atoms with Crippen LogP contribution in [0.15, 0.2) is 18.2 Å². The number of carbonyl (C=O) groups excluding carboxylic acids is 1. The molecule has 0 fully saturated rings. The Morgan fingerprint density at radius 1 is 1.44 bits per heavy atom. The fourth-order valence-electron chi connectivity index (χ4n) is 1.17. The molecule has 0 radical (unpaired) electrons. The van der Waals surface area contributed by atoms with Crippen LogP contribution < -0.4 is 11.1 Å². The van der Waals surface area contributed by atoms with E-state index in [4.69, 9.17) is 5.73 Å². The van der Waals surface area contributed by atoms with E-state index in [0.717, 1.165) is 6.07 Å². The number of nitrogens with two attached hydrogens (primary N) is 1. The van der Waals surface area contributed by atoms with Crippen molar-refractivity contribution in [2.45, 2.75) is 19.1 Å². The largest absolute Gasteiger partial charge is 0.396 e. The summed E-state index contributed by atoms with van der Waals surface area (Å²) in [6.45, 7) is 3.00. The van der Waals surface area contributed by atoms with E-state index in [1.165, 1.54) is 26.0 Å². The molecule has 18 heavy (non-hydrogen) atoms. The van der Waals surface area contributed by atoms with Crippen LogP contribution in [-0.2, 0) is 14.6 Å². The Kier molecular flexibility index (Phi) is 4.28. The second-order valence-corrected chi connectivity index (χ2v) is 6.70. The fourth-order valence-corrected chi connectivity index (χ4v) is 1.94. The first-order chi connectivity index (χ1) is 8.22. The van der Waals surface area contributed by atoms with Gasteiger partial charge in [0.2, 0.25) is 5.91 Å². The third-order valence-electron chi connectivity index (χ3n) is 2.33. The molecule has 0 heterocycles. The zero-order valence-electron chi connectivity index (χ0n) is 10.1. The molecule has 0 aliphatic carbocycles. The number of sulfone groups is 1. The maximum atomic E-state index is 12.9. The minimum Gasteiger partial charge on any atom is -0.396 e. The Bertz CT molecular complexity index is 555. The van der Waals surface area contributed by atoms with Gasteiger partial charge in [-0.2, -0.15) is 0 Å². The number of halogens is 1. The lowest BCUT2D eigenvalue weighted by molar-refractivity contribution is -0.113. The molecule has 0 aliphatic rings. The monoisotopic (exact) mass is 274 g/mol. The van der Waals surface area contributed by atoms with Crippen molar-refractivity contribution < 1.29 is 17.6 Å². The fraction of sp³-hybridized carbons (Fsp3) is 0.364. The highest BCUT2D eigenvalue weighted by atomic mass is 32.2. The second-order valence-electron chi connectivity index (χ2n) is 4.14. The first-order valence-corrected chi connectivity index (χ1v) is 7.00. The first kappa shape index (κ1) is 14.4. The van der Waals surface area contributed by atoms with Gasteiger partial charge in [0.1, 0.15) is 11.6 Å². The van der Waals surface area contributed by atoms with Crippen LogP contribution in [0, 0.1) is 5.82 Å². The predicted molar refractivity (Wildman–Crippen MR) is 68.4 cm³/mol. The number of hydrogen-bond donors (Lipinski definition) is 2. The number of nitrogens with one attached hydrogen (secondary N) is 1. The lowest BCUT2D eigenvalue weighted by atomic mass is 10.2. The summed E-state index contributed by atoms with van der Waals surface area (Å²) in [5.74, 6) is -1.88. The van der Waals surface area contributed by atoms with Crippen LogP contribution >= 0.6 is 0 Å². The van der Waals surface area contributed by atoms with Gasteiger partial charge in [0.25, 0.3) is 0 Å². The van der Waals surface area contributed by atoms with Crippen LogP contribution in [0.5, 0.6) is 0 Å². The van der Waals surface area contributed by atoms with Crippen LogP contribution in [0.3, 0.4) is 0 Å². The average Bonchev–Trinajstić information content (AvgIpc) is 2.22. The minimum absolute atomic E-state index is 0.112. The molecule has 0 bridgehead atoms. The predicted octanol–water partition coefficient (Wildman–Crippen LogP) is 1.17. The molecule has 1 rings (SSSR count). The molecule has 0 saturated heterocycles. The quantitative estimate of drug-likeness (QED) is 0.806. The zero-order chi connectivity index (χ0) is 13.9. The van der Waals surface area contributed by atoms with Gasteiger partial charge in [-0.25, -0.2) is 12.8 Å². The Morgan fingerprint density at radius 2 is 2.06 bits per heavy atom. The number of benzene rings is 1. The lowest BCUT2D eigenvalue weighted by Crippen LogP contribution is -2.27. The highest BCUT2D eigenvalue weighted by Gasteiger charge is 2.20. The second kappa shape index (κ2) is 5.34. The summed E-state index contributed by atoms with van der Waals surface area (Å²) in [5, 5.41) is 1.73. The van der Waals surface area contributed by atoms with Gasteiger partial charge >= 0.3 is 0 Å². The molecular formula is C11H15FN2O3S. The van der Waals surface area contributed by atoms with Crippen molar-refractivity contribution in [2.75, 3.05) is 16.8 Å². The Balaban J connectivity index is 2.74. The van der Waals surface area contributed by atoms with E-state index in [1.54, 1.807) is 0 Å². The van der Waals surface area contributed by atoms with Crippen molar-refractivity contribution >= 4 is 27.1 Å². The van der Waals surface area contributed by atoms with Gasteiger partial charge in [0.05, 0.1) is 10.9 Å². The average molecular weight is 274 g/mol. The molecule has 0 spiro atoms. The summed E-state index contributed by atoms with van der Waals surface area (Å²) in [7, 11) is -3.45. The van der Waals surface area contributed by atoms with Crippen LogP contribution in [0.2, 0.25) is 0 Å². The topological polar surface area (TPSA) is 89.3 Å².